The van der Waals surface area contributed by atoms with Crippen molar-refractivity contribution in [2.24, 2.45) is 0 Å². The number of carbonyl (C=O) groups is 1. The van der Waals surface area contributed by atoms with E-state index in [1.807, 2.05) is 4.72 Å². The topological polar surface area (TPSA) is 126 Å². The Balaban J connectivity index is 1.73. The molecule has 3 aromatic rings. The van der Waals surface area contributed by atoms with Crippen molar-refractivity contribution >= 4 is 43.2 Å². The lowest BCUT2D eigenvalue weighted by Gasteiger charge is -2.12. The van der Waals surface area contributed by atoms with Crippen LogP contribution in [0.5, 0.6) is 0 Å². The average molecular weight is 485 g/mol. The third kappa shape index (κ3) is 5.44. The molecular formula is C18H17FN4O5S3. The van der Waals surface area contributed by atoms with Crippen LogP contribution in [0.2, 0.25) is 0 Å². The van der Waals surface area contributed by atoms with E-state index < -0.39 is 32.0 Å². The molecule has 1 amide bonds. The Morgan fingerprint density at radius 3 is 2.19 bits per heavy atom. The second-order valence-corrected chi connectivity index (χ2v) is 11.2. The number of carbonyl (C=O) groups excluding carboxylic acids is 1. The highest BCUT2D eigenvalue weighted by Crippen LogP contribution is 2.29. The molecule has 164 valence electrons. The summed E-state index contributed by atoms with van der Waals surface area (Å²) in [6.07, 6.45) is 1.19. The second-order valence-electron chi connectivity index (χ2n) is 6.39. The monoisotopic (exact) mass is 484 g/mol. The van der Waals surface area contributed by atoms with E-state index in [-0.39, 0.29) is 15.5 Å². The third-order valence-electron chi connectivity index (χ3n) is 3.94. The van der Waals surface area contributed by atoms with Crippen molar-refractivity contribution < 1.29 is 26.0 Å². The fourth-order valence-corrected chi connectivity index (χ4v) is 5.00. The highest BCUT2D eigenvalue weighted by molar-refractivity contribution is 7.94. The lowest BCUT2D eigenvalue weighted by molar-refractivity contribution is 0.0979. The van der Waals surface area contributed by atoms with Crippen molar-refractivity contribution in [2.45, 2.75) is 4.21 Å². The number of nitrogens with zero attached hydrogens (tertiary/aromatic N) is 2. The maximum Gasteiger partial charge on any atom is 0.303 e. The van der Waals surface area contributed by atoms with Gasteiger partial charge in [-0.05, 0) is 48.5 Å². The number of hydrogen-bond acceptors (Lipinski definition) is 7. The first-order chi connectivity index (χ1) is 14.5. The number of hydrogen-bond donors (Lipinski definition) is 2. The Kier molecular flexibility index (Phi) is 6.40. The first kappa shape index (κ1) is 22.8. The van der Waals surface area contributed by atoms with Gasteiger partial charge in [0, 0.05) is 30.9 Å². The van der Waals surface area contributed by atoms with E-state index in [2.05, 4.69) is 9.71 Å². The highest BCUT2D eigenvalue weighted by atomic mass is 32.2. The maximum absolute atomic E-state index is 13.1. The van der Waals surface area contributed by atoms with Gasteiger partial charge in [0.15, 0.2) is 4.21 Å². The largest absolute Gasteiger partial charge is 0.303 e. The van der Waals surface area contributed by atoms with Gasteiger partial charge in [0.2, 0.25) is 0 Å². The van der Waals surface area contributed by atoms with Gasteiger partial charge in [0.05, 0.1) is 6.20 Å². The molecule has 13 heteroatoms. The molecule has 0 aliphatic carbocycles. The van der Waals surface area contributed by atoms with Crippen LogP contribution in [-0.2, 0) is 20.2 Å². The number of thiazole rings is 1. The minimum atomic E-state index is -3.95. The highest BCUT2D eigenvalue weighted by Gasteiger charge is 2.20. The zero-order valence-electron chi connectivity index (χ0n) is 16.2. The molecule has 0 radical (unpaired) electrons. The lowest BCUT2D eigenvalue weighted by atomic mass is 10.2. The molecule has 0 spiro atoms. The van der Waals surface area contributed by atoms with Crippen LogP contribution in [0, 0.1) is 5.82 Å². The summed E-state index contributed by atoms with van der Waals surface area (Å²) in [7, 11) is -5.36. The summed E-state index contributed by atoms with van der Waals surface area (Å²) in [5, 5.41) is 0.412. The van der Waals surface area contributed by atoms with Crippen LogP contribution < -0.4 is 9.44 Å². The first-order valence-electron chi connectivity index (χ1n) is 8.57. The fraction of sp³-hybridized carbons (Fsp3) is 0.111. The molecule has 0 bridgehead atoms. The molecule has 3 rings (SSSR count). The van der Waals surface area contributed by atoms with Crippen molar-refractivity contribution in [2.75, 3.05) is 18.8 Å². The van der Waals surface area contributed by atoms with Crippen LogP contribution in [-0.4, -0.2) is 46.1 Å². The number of anilines is 1. The molecule has 9 nitrogen and oxygen atoms in total. The van der Waals surface area contributed by atoms with Gasteiger partial charge in [-0.2, -0.15) is 12.7 Å². The third-order valence-corrected chi connectivity index (χ3v) is 8.24. The van der Waals surface area contributed by atoms with E-state index >= 15 is 0 Å². The van der Waals surface area contributed by atoms with Crippen molar-refractivity contribution in [1.82, 2.24) is 14.0 Å². The summed E-state index contributed by atoms with van der Waals surface area (Å²) in [6.45, 7) is 0. The zero-order chi connectivity index (χ0) is 22.8. The van der Waals surface area contributed by atoms with Gasteiger partial charge in [-0.15, -0.1) is 11.3 Å². The summed E-state index contributed by atoms with van der Waals surface area (Å²) >= 11 is 0.916. The summed E-state index contributed by atoms with van der Waals surface area (Å²) in [4.78, 5) is 16.1. The summed E-state index contributed by atoms with van der Waals surface area (Å²) in [5.74, 6) is -1.26. The Hall–Kier alpha value is -2.87. The van der Waals surface area contributed by atoms with Gasteiger partial charge in [-0.1, -0.05) is 0 Å². The molecule has 0 atom stereocenters. The smallest absolute Gasteiger partial charge is 0.279 e. The minimum Gasteiger partial charge on any atom is -0.279 e. The van der Waals surface area contributed by atoms with E-state index in [1.54, 1.807) is 0 Å². The van der Waals surface area contributed by atoms with E-state index in [9.17, 15) is 26.0 Å². The van der Waals surface area contributed by atoms with Crippen LogP contribution in [0.4, 0.5) is 10.1 Å². The van der Waals surface area contributed by atoms with E-state index in [0.717, 1.165) is 15.6 Å². The van der Waals surface area contributed by atoms with Crippen molar-refractivity contribution in [1.29, 1.82) is 0 Å². The summed E-state index contributed by atoms with van der Waals surface area (Å²) < 4.78 is 66.8. The number of amides is 1. The number of aromatic nitrogens is 1. The van der Waals surface area contributed by atoms with Crippen LogP contribution in [0.3, 0.4) is 0 Å². The predicted octanol–water partition coefficient (Wildman–Crippen LogP) is 2.29. The summed E-state index contributed by atoms with van der Waals surface area (Å²) in [5.41, 5.74) is 0.782. The second kappa shape index (κ2) is 8.70. The Morgan fingerprint density at radius 1 is 1.00 bits per heavy atom. The number of rotatable bonds is 7. The SMILES string of the molecule is CN(C)S(=O)(=O)NC(=O)c1ccc(NS(=O)(=O)c2cnc(-c3ccc(F)cc3)s2)cc1. The molecule has 0 aliphatic heterocycles. The molecule has 0 saturated heterocycles. The quantitative estimate of drug-likeness (QED) is 0.530. The molecule has 2 N–H and O–H groups in total. The van der Waals surface area contributed by atoms with Gasteiger partial charge >= 0.3 is 10.2 Å². The van der Waals surface area contributed by atoms with E-state index in [0.29, 0.717) is 10.6 Å². The molecule has 1 aromatic heterocycles. The minimum absolute atomic E-state index is 0.0322. The standard InChI is InChI=1S/C18H17FN4O5S3/c1-23(2)31(27,28)22-17(24)12-5-9-15(10-6-12)21-30(25,26)16-11-20-18(29-16)13-3-7-14(19)8-4-13/h3-11,21H,1-2H3,(H,22,24). The molecule has 0 unspecified atom stereocenters. The van der Waals surface area contributed by atoms with Crippen LogP contribution in [0.15, 0.2) is 58.9 Å². The molecule has 0 saturated carbocycles. The van der Waals surface area contributed by atoms with Crippen LogP contribution in [0.25, 0.3) is 10.6 Å². The number of sulfonamides is 1. The van der Waals surface area contributed by atoms with Crippen molar-refractivity contribution in [3.05, 3.63) is 66.1 Å². The molecule has 0 aliphatic rings. The van der Waals surface area contributed by atoms with Gasteiger partial charge < -0.3 is 0 Å². The summed E-state index contributed by atoms with van der Waals surface area (Å²) in [6, 6.07) is 10.7. The van der Waals surface area contributed by atoms with Gasteiger partial charge in [0.1, 0.15) is 10.8 Å². The van der Waals surface area contributed by atoms with Crippen LogP contribution in [0.1, 0.15) is 10.4 Å². The Morgan fingerprint density at radius 2 is 1.61 bits per heavy atom. The normalized spacial score (nSPS) is 12.0. The molecule has 0 fully saturated rings. The van der Waals surface area contributed by atoms with Gasteiger partial charge in [-0.25, -0.2) is 22.5 Å². The van der Waals surface area contributed by atoms with Crippen molar-refractivity contribution in [3.8, 4) is 10.6 Å². The van der Waals surface area contributed by atoms with E-state index in [1.165, 1.54) is 68.8 Å². The Bertz CT molecular complexity index is 1300. The lowest BCUT2D eigenvalue weighted by Crippen LogP contribution is -2.39. The Labute approximate surface area is 182 Å². The number of benzene rings is 2. The molecule has 1 heterocycles. The van der Waals surface area contributed by atoms with E-state index in [4.69, 9.17) is 0 Å². The molecular weight excluding hydrogens is 467 g/mol. The fourth-order valence-electron chi connectivity index (χ4n) is 2.27. The molecule has 31 heavy (non-hydrogen) atoms. The van der Waals surface area contributed by atoms with Crippen molar-refractivity contribution in [3.63, 3.8) is 0 Å². The number of halogens is 1. The first-order valence-corrected chi connectivity index (χ1v) is 12.3. The van der Waals surface area contributed by atoms with Gasteiger partial charge in [0.25, 0.3) is 15.9 Å². The predicted molar refractivity (Wildman–Crippen MR) is 115 cm³/mol. The zero-order valence-corrected chi connectivity index (χ0v) is 18.7. The van der Waals surface area contributed by atoms with Crippen LogP contribution >= 0.6 is 11.3 Å². The molecule has 2 aromatic carbocycles. The van der Waals surface area contributed by atoms with Gasteiger partial charge in [-0.3, -0.25) is 9.52 Å². The maximum atomic E-state index is 13.1. The average Bonchev–Trinajstić information content (AvgIpc) is 3.19. The number of nitrogens with one attached hydrogen (secondary N) is 2.